The Hall–Kier alpha value is -4.69. The first-order valence-corrected chi connectivity index (χ1v) is 15.6. The van der Waals surface area contributed by atoms with E-state index >= 15 is 0 Å². The highest BCUT2D eigenvalue weighted by molar-refractivity contribution is 6.08. The van der Waals surface area contributed by atoms with E-state index in [1.807, 2.05) is 48.6 Å². The third-order valence-corrected chi connectivity index (χ3v) is 9.94. The van der Waals surface area contributed by atoms with Crippen molar-refractivity contribution in [3.05, 3.63) is 119 Å². The molecule has 3 heterocycles. The van der Waals surface area contributed by atoms with Gasteiger partial charge in [0.1, 0.15) is 5.75 Å². The van der Waals surface area contributed by atoms with Crippen molar-refractivity contribution in [1.82, 2.24) is 15.0 Å². The smallest absolute Gasteiger partial charge is 0.314 e. The Kier molecular flexibility index (Phi) is 6.46. The lowest BCUT2D eigenvalue weighted by Gasteiger charge is -2.38. The summed E-state index contributed by atoms with van der Waals surface area (Å²) in [7, 11) is 0. The molecule has 0 amide bonds. The van der Waals surface area contributed by atoms with Crippen molar-refractivity contribution in [3.8, 4) is 16.9 Å². The number of anilines is 1. The summed E-state index contributed by atoms with van der Waals surface area (Å²) in [5.74, 6) is 0.489. The average Bonchev–Trinajstić information content (AvgIpc) is 3.39. The van der Waals surface area contributed by atoms with Gasteiger partial charge in [0.25, 0.3) is 0 Å². The molecule has 8 rings (SSSR count). The number of fused-ring (bicyclic) bond motifs is 8. The van der Waals surface area contributed by atoms with Crippen molar-refractivity contribution in [3.63, 3.8) is 0 Å². The molecule has 0 bridgehead atoms. The van der Waals surface area contributed by atoms with Crippen LogP contribution in [0.5, 0.6) is 5.75 Å². The van der Waals surface area contributed by atoms with Gasteiger partial charge in [0, 0.05) is 40.7 Å². The number of nitrogens with zero attached hydrogens (tertiary/aromatic N) is 4. The van der Waals surface area contributed by atoms with Crippen LogP contribution in [0.15, 0.2) is 78.9 Å². The zero-order chi connectivity index (χ0) is 30.8. The first kappa shape index (κ1) is 27.8. The Morgan fingerprint density at radius 1 is 0.800 bits per heavy atom. The number of aromatic nitrogens is 3. The largest absolute Gasteiger partial charge is 0.469 e. The van der Waals surface area contributed by atoms with Gasteiger partial charge in [0.05, 0.1) is 13.2 Å². The summed E-state index contributed by atoms with van der Waals surface area (Å²) in [4.78, 5) is 13.4. The molecular formula is C37H32F2N4O2. The minimum Gasteiger partial charge on any atom is -0.469 e. The van der Waals surface area contributed by atoms with Gasteiger partial charge in [-0.1, -0.05) is 80.6 Å². The Bertz CT molecular complexity index is 1960. The van der Waals surface area contributed by atoms with Crippen LogP contribution < -0.4 is 9.64 Å². The molecule has 0 radical (unpaired) electrons. The maximum absolute atomic E-state index is 14.6. The number of ether oxygens (including phenoxy) is 2. The predicted octanol–water partition coefficient (Wildman–Crippen LogP) is 7.58. The molecule has 5 aromatic rings. The number of benzene rings is 4. The van der Waals surface area contributed by atoms with E-state index in [-0.39, 0.29) is 11.2 Å². The van der Waals surface area contributed by atoms with Crippen LogP contribution in [0.3, 0.4) is 0 Å². The third kappa shape index (κ3) is 4.05. The van der Waals surface area contributed by atoms with Crippen molar-refractivity contribution < 1.29 is 18.3 Å². The van der Waals surface area contributed by atoms with Crippen molar-refractivity contribution >= 4 is 22.5 Å². The van der Waals surface area contributed by atoms with Crippen molar-refractivity contribution in [2.24, 2.45) is 0 Å². The molecule has 2 aliphatic heterocycles. The normalized spacial score (nSPS) is 19.6. The molecule has 6 nitrogen and oxygen atoms in total. The van der Waals surface area contributed by atoms with E-state index in [1.54, 1.807) is 0 Å². The molecule has 1 unspecified atom stereocenters. The number of hydrogen-bond donors (Lipinski definition) is 0. The molecule has 1 saturated heterocycles. The van der Waals surface area contributed by atoms with Gasteiger partial charge >= 0.3 is 12.2 Å². The van der Waals surface area contributed by atoms with Gasteiger partial charge in [-0.25, -0.2) is 0 Å². The second-order valence-electron chi connectivity index (χ2n) is 11.9. The summed E-state index contributed by atoms with van der Waals surface area (Å²) in [5.41, 5.74) is 5.91. The zero-order valence-corrected chi connectivity index (χ0v) is 25.2. The first-order chi connectivity index (χ1) is 22.0. The fourth-order valence-corrected chi connectivity index (χ4v) is 7.74. The summed E-state index contributed by atoms with van der Waals surface area (Å²) < 4.78 is 41.9. The Morgan fingerprint density at radius 2 is 1.47 bits per heavy atom. The van der Waals surface area contributed by atoms with Crippen molar-refractivity contribution in [2.45, 2.75) is 37.7 Å². The monoisotopic (exact) mass is 602 g/mol. The quantitative estimate of drug-likeness (QED) is 0.207. The van der Waals surface area contributed by atoms with E-state index in [2.05, 4.69) is 70.1 Å². The van der Waals surface area contributed by atoms with Gasteiger partial charge in [-0.3, -0.25) is 0 Å². The molecule has 0 spiro atoms. The van der Waals surface area contributed by atoms with Crippen LogP contribution >= 0.6 is 0 Å². The van der Waals surface area contributed by atoms with E-state index < -0.39 is 17.8 Å². The highest BCUT2D eigenvalue weighted by atomic mass is 19.1. The molecule has 0 saturated carbocycles. The number of halogens is 2. The van der Waals surface area contributed by atoms with E-state index in [9.17, 15) is 8.78 Å². The summed E-state index contributed by atoms with van der Waals surface area (Å²) in [6, 6.07) is 24.7. The fourth-order valence-electron chi connectivity index (χ4n) is 7.74. The lowest BCUT2D eigenvalue weighted by atomic mass is 9.71. The molecule has 1 atom stereocenters. The van der Waals surface area contributed by atoms with Gasteiger partial charge in [0.2, 0.25) is 5.60 Å². The van der Waals surface area contributed by atoms with Gasteiger partial charge in [0.15, 0.2) is 5.82 Å². The maximum atomic E-state index is 14.6. The Labute approximate surface area is 260 Å². The zero-order valence-electron chi connectivity index (χ0n) is 25.2. The first-order valence-electron chi connectivity index (χ1n) is 15.6. The third-order valence-electron chi connectivity index (χ3n) is 9.94. The minimum atomic E-state index is -1.51. The Balaban J connectivity index is 1.38. The van der Waals surface area contributed by atoms with Crippen LogP contribution in [0, 0.1) is 12.2 Å². The van der Waals surface area contributed by atoms with Crippen LogP contribution in [0.4, 0.5) is 14.5 Å². The van der Waals surface area contributed by atoms with Crippen LogP contribution in [0.25, 0.3) is 28.0 Å². The van der Waals surface area contributed by atoms with Crippen molar-refractivity contribution in [2.75, 3.05) is 31.2 Å². The van der Waals surface area contributed by atoms with Gasteiger partial charge in [-0.2, -0.15) is 23.7 Å². The predicted molar refractivity (Wildman–Crippen MR) is 170 cm³/mol. The molecule has 0 N–H and O–H groups in total. The molecule has 1 aliphatic carbocycles. The molecule has 8 heteroatoms. The van der Waals surface area contributed by atoms with E-state index in [0.29, 0.717) is 24.5 Å². The van der Waals surface area contributed by atoms with E-state index in [1.165, 1.54) is 22.3 Å². The second kappa shape index (κ2) is 10.4. The molecule has 45 heavy (non-hydrogen) atoms. The minimum absolute atomic E-state index is 0.154. The van der Waals surface area contributed by atoms with Gasteiger partial charge in [-0.15, -0.1) is 0 Å². The molecule has 1 aromatic heterocycles. The van der Waals surface area contributed by atoms with Crippen LogP contribution in [0.2, 0.25) is 0 Å². The number of morpholine rings is 1. The van der Waals surface area contributed by atoms with Crippen molar-refractivity contribution in [1.29, 1.82) is 0 Å². The molecule has 4 aromatic carbocycles. The summed E-state index contributed by atoms with van der Waals surface area (Å²) in [6.07, 6.45) is 3.31. The summed E-state index contributed by atoms with van der Waals surface area (Å²) in [5, 5.41) is 1.99. The molecule has 226 valence electrons. The topological polar surface area (TPSA) is 60.4 Å². The van der Waals surface area contributed by atoms with Gasteiger partial charge < -0.3 is 14.4 Å². The number of hydrogen-bond acceptors (Lipinski definition) is 6. The SMILES string of the molecule is CCC1(CC)c2ccccc2-c2c1c1c(c3ccccc23)OC(c2ccc(N3CCOCC3)cc2)(c2nc(F)nc(F)n2)C=C1. The number of rotatable bonds is 5. The highest BCUT2D eigenvalue weighted by Gasteiger charge is 2.47. The van der Waals surface area contributed by atoms with Gasteiger partial charge in [-0.05, 0) is 58.7 Å². The van der Waals surface area contributed by atoms with Crippen LogP contribution in [-0.2, 0) is 15.8 Å². The molecule has 1 fully saturated rings. The fraction of sp³-hybridized carbons (Fsp3) is 0.270. The van der Waals surface area contributed by atoms with E-state index in [4.69, 9.17) is 9.47 Å². The molecule has 3 aliphatic rings. The summed E-state index contributed by atoms with van der Waals surface area (Å²) >= 11 is 0. The Morgan fingerprint density at radius 3 is 2.18 bits per heavy atom. The van der Waals surface area contributed by atoms with E-state index in [0.717, 1.165) is 48.0 Å². The van der Waals surface area contributed by atoms with Crippen LogP contribution in [0.1, 0.15) is 54.8 Å². The average molecular weight is 603 g/mol. The lowest BCUT2D eigenvalue weighted by Crippen LogP contribution is -2.38. The standard InChI is InChI=1S/C37H32F2N4O2/c1-3-36(4-2)29-12-8-7-11-27(29)30-25-9-5-6-10-26(25)32-28(31(30)36)17-18-37(45-32,33-40-34(38)42-35(39)41-33)23-13-15-24(16-14-23)43-19-21-44-22-20-43/h5-18H,3-4,19-22H2,1-2H3. The summed E-state index contributed by atoms with van der Waals surface area (Å²) in [6.45, 7) is 7.37. The molecular weight excluding hydrogens is 570 g/mol. The lowest BCUT2D eigenvalue weighted by molar-refractivity contribution is 0.122. The van der Waals surface area contributed by atoms with Crippen LogP contribution in [-0.4, -0.2) is 41.3 Å². The second-order valence-corrected chi connectivity index (χ2v) is 11.9. The maximum Gasteiger partial charge on any atom is 0.314 e. The highest BCUT2D eigenvalue weighted by Crippen LogP contribution is 2.60.